The molecule has 2 aromatic rings. The van der Waals surface area contributed by atoms with Crippen LogP contribution in [0.15, 0.2) is 48.5 Å². The van der Waals surface area contributed by atoms with E-state index in [4.69, 9.17) is 15.2 Å². The van der Waals surface area contributed by atoms with Gasteiger partial charge >= 0.3 is 0 Å². The van der Waals surface area contributed by atoms with E-state index in [0.29, 0.717) is 38.5 Å². The SMILES string of the molecule is Nc1cccc(C2CN(C(=O)CCOc3ccccc3)CCO2)n1. The number of morpholine rings is 1. The predicted molar refractivity (Wildman–Crippen MR) is 90.5 cm³/mol. The summed E-state index contributed by atoms with van der Waals surface area (Å²) in [5.74, 6) is 1.29. The van der Waals surface area contributed by atoms with Gasteiger partial charge in [0.15, 0.2) is 0 Å². The summed E-state index contributed by atoms with van der Waals surface area (Å²) in [6.45, 7) is 1.93. The van der Waals surface area contributed by atoms with Crippen LogP contribution in [0.4, 0.5) is 5.82 Å². The highest BCUT2D eigenvalue weighted by Crippen LogP contribution is 2.21. The van der Waals surface area contributed by atoms with Gasteiger partial charge < -0.3 is 20.1 Å². The third-order valence-corrected chi connectivity index (χ3v) is 3.87. The normalized spacial score (nSPS) is 17.5. The molecule has 2 N–H and O–H groups in total. The number of hydrogen-bond donors (Lipinski definition) is 1. The molecule has 1 atom stereocenters. The van der Waals surface area contributed by atoms with E-state index in [2.05, 4.69) is 4.98 Å². The van der Waals surface area contributed by atoms with Gasteiger partial charge in [0.25, 0.3) is 0 Å². The summed E-state index contributed by atoms with van der Waals surface area (Å²) >= 11 is 0. The molecule has 126 valence electrons. The van der Waals surface area contributed by atoms with Crippen LogP contribution >= 0.6 is 0 Å². The fourth-order valence-electron chi connectivity index (χ4n) is 2.63. The van der Waals surface area contributed by atoms with Crippen LogP contribution in [-0.4, -0.2) is 42.1 Å². The quantitative estimate of drug-likeness (QED) is 0.909. The van der Waals surface area contributed by atoms with Crippen LogP contribution in [0.5, 0.6) is 5.75 Å². The molecule has 1 aromatic carbocycles. The highest BCUT2D eigenvalue weighted by atomic mass is 16.5. The van der Waals surface area contributed by atoms with Gasteiger partial charge in [0, 0.05) is 6.54 Å². The topological polar surface area (TPSA) is 77.7 Å². The molecule has 3 rings (SSSR count). The molecule has 1 amide bonds. The van der Waals surface area contributed by atoms with Gasteiger partial charge in [-0.3, -0.25) is 4.79 Å². The fourth-order valence-corrected chi connectivity index (χ4v) is 2.63. The lowest BCUT2D eigenvalue weighted by Crippen LogP contribution is -2.42. The van der Waals surface area contributed by atoms with Gasteiger partial charge in [0.05, 0.1) is 31.9 Å². The number of aromatic nitrogens is 1. The van der Waals surface area contributed by atoms with Gasteiger partial charge in [0.1, 0.15) is 17.7 Å². The van der Waals surface area contributed by atoms with Crippen LogP contribution in [0.25, 0.3) is 0 Å². The number of nitrogens with zero attached hydrogens (tertiary/aromatic N) is 2. The van der Waals surface area contributed by atoms with Crippen LogP contribution in [0.3, 0.4) is 0 Å². The molecule has 1 aromatic heterocycles. The zero-order valence-corrected chi connectivity index (χ0v) is 13.4. The van der Waals surface area contributed by atoms with E-state index < -0.39 is 0 Å². The first-order valence-electron chi connectivity index (χ1n) is 8.02. The van der Waals surface area contributed by atoms with Crippen molar-refractivity contribution in [2.75, 3.05) is 32.0 Å². The lowest BCUT2D eigenvalue weighted by atomic mass is 10.1. The van der Waals surface area contributed by atoms with Crippen molar-refractivity contribution < 1.29 is 14.3 Å². The van der Waals surface area contributed by atoms with Crippen LogP contribution in [0, 0.1) is 0 Å². The summed E-state index contributed by atoms with van der Waals surface area (Å²) in [6, 6.07) is 14.9. The van der Waals surface area contributed by atoms with Crippen molar-refractivity contribution in [2.24, 2.45) is 0 Å². The maximum absolute atomic E-state index is 12.4. The van der Waals surface area contributed by atoms with Crippen LogP contribution in [0.1, 0.15) is 18.2 Å². The minimum absolute atomic E-state index is 0.0585. The van der Waals surface area contributed by atoms with Gasteiger partial charge in [-0.15, -0.1) is 0 Å². The Balaban J connectivity index is 1.51. The second kappa shape index (κ2) is 7.79. The number of hydrogen-bond acceptors (Lipinski definition) is 5. The van der Waals surface area contributed by atoms with E-state index in [-0.39, 0.29) is 12.0 Å². The molecule has 0 radical (unpaired) electrons. The Kier molecular flexibility index (Phi) is 5.28. The van der Waals surface area contributed by atoms with E-state index in [9.17, 15) is 4.79 Å². The molecule has 6 heteroatoms. The second-order valence-corrected chi connectivity index (χ2v) is 5.60. The van der Waals surface area contributed by atoms with E-state index in [1.54, 1.807) is 11.0 Å². The molecule has 1 saturated heterocycles. The first-order chi connectivity index (χ1) is 11.7. The zero-order valence-electron chi connectivity index (χ0n) is 13.4. The summed E-state index contributed by atoms with van der Waals surface area (Å²) in [5.41, 5.74) is 6.47. The Morgan fingerprint density at radius 3 is 2.88 bits per heavy atom. The van der Waals surface area contributed by atoms with Crippen molar-refractivity contribution in [1.82, 2.24) is 9.88 Å². The third-order valence-electron chi connectivity index (χ3n) is 3.87. The third kappa shape index (κ3) is 4.23. The Morgan fingerprint density at radius 2 is 2.08 bits per heavy atom. The maximum Gasteiger partial charge on any atom is 0.226 e. The van der Waals surface area contributed by atoms with Crippen molar-refractivity contribution in [3.8, 4) is 5.75 Å². The maximum atomic E-state index is 12.4. The average Bonchev–Trinajstić information content (AvgIpc) is 2.63. The Morgan fingerprint density at radius 1 is 1.25 bits per heavy atom. The molecular formula is C18H21N3O3. The lowest BCUT2D eigenvalue weighted by molar-refractivity contribution is -0.139. The van der Waals surface area contributed by atoms with Crippen molar-refractivity contribution in [3.05, 3.63) is 54.2 Å². The molecule has 6 nitrogen and oxygen atoms in total. The number of carbonyl (C=O) groups is 1. The second-order valence-electron chi connectivity index (χ2n) is 5.60. The smallest absolute Gasteiger partial charge is 0.226 e. The van der Waals surface area contributed by atoms with Gasteiger partial charge in [-0.25, -0.2) is 4.98 Å². The minimum atomic E-state index is -0.235. The summed E-state index contributed by atoms with van der Waals surface area (Å²) in [7, 11) is 0. The summed E-state index contributed by atoms with van der Waals surface area (Å²) in [4.78, 5) is 18.5. The highest BCUT2D eigenvalue weighted by molar-refractivity contribution is 5.76. The van der Waals surface area contributed by atoms with Crippen LogP contribution < -0.4 is 10.5 Å². The van der Waals surface area contributed by atoms with Gasteiger partial charge in [-0.1, -0.05) is 24.3 Å². The molecule has 24 heavy (non-hydrogen) atoms. The fraction of sp³-hybridized carbons (Fsp3) is 0.333. The standard InChI is InChI=1S/C18H21N3O3/c19-17-8-4-7-15(20-17)16-13-21(10-12-24-16)18(22)9-11-23-14-5-2-1-3-6-14/h1-8,16H,9-13H2,(H2,19,20). The Labute approximate surface area is 141 Å². The number of amides is 1. The van der Waals surface area contributed by atoms with Crippen molar-refractivity contribution >= 4 is 11.7 Å². The number of anilines is 1. The molecule has 1 fully saturated rings. The summed E-state index contributed by atoms with van der Waals surface area (Å²) in [5, 5.41) is 0. The van der Waals surface area contributed by atoms with E-state index in [1.165, 1.54) is 0 Å². The number of ether oxygens (including phenoxy) is 2. The minimum Gasteiger partial charge on any atom is -0.493 e. The molecule has 2 heterocycles. The number of benzene rings is 1. The first kappa shape index (κ1) is 16.3. The molecule has 0 saturated carbocycles. The lowest BCUT2D eigenvalue weighted by Gasteiger charge is -2.32. The molecule has 1 aliphatic rings. The molecule has 1 unspecified atom stereocenters. The Bertz CT molecular complexity index is 678. The molecule has 0 aliphatic carbocycles. The largest absolute Gasteiger partial charge is 0.493 e. The molecule has 1 aliphatic heterocycles. The molecule has 0 spiro atoms. The van der Waals surface area contributed by atoms with Crippen molar-refractivity contribution in [3.63, 3.8) is 0 Å². The van der Waals surface area contributed by atoms with Crippen molar-refractivity contribution in [2.45, 2.75) is 12.5 Å². The molecule has 0 bridgehead atoms. The monoisotopic (exact) mass is 327 g/mol. The average molecular weight is 327 g/mol. The van der Waals surface area contributed by atoms with E-state index in [0.717, 1.165) is 11.4 Å². The van der Waals surface area contributed by atoms with Gasteiger partial charge in [-0.2, -0.15) is 0 Å². The van der Waals surface area contributed by atoms with Gasteiger partial charge in [-0.05, 0) is 24.3 Å². The Hall–Kier alpha value is -2.60. The van der Waals surface area contributed by atoms with Crippen LogP contribution in [-0.2, 0) is 9.53 Å². The van der Waals surface area contributed by atoms with E-state index >= 15 is 0 Å². The predicted octanol–water partition coefficient (Wildman–Crippen LogP) is 2.03. The van der Waals surface area contributed by atoms with Gasteiger partial charge in [0.2, 0.25) is 5.91 Å². The van der Waals surface area contributed by atoms with Crippen LogP contribution in [0.2, 0.25) is 0 Å². The first-order valence-corrected chi connectivity index (χ1v) is 8.02. The number of rotatable bonds is 5. The number of carbonyl (C=O) groups excluding carboxylic acids is 1. The number of nitrogen functional groups attached to an aromatic ring is 1. The summed E-state index contributed by atoms with van der Waals surface area (Å²) in [6.07, 6.45) is 0.104. The zero-order chi connectivity index (χ0) is 16.8. The number of para-hydroxylation sites is 1. The van der Waals surface area contributed by atoms with E-state index in [1.807, 2.05) is 42.5 Å². The highest BCUT2D eigenvalue weighted by Gasteiger charge is 2.26. The summed E-state index contributed by atoms with van der Waals surface area (Å²) < 4.78 is 11.3. The van der Waals surface area contributed by atoms with Crippen molar-refractivity contribution in [1.29, 1.82) is 0 Å². The number of nitrogens with two attached hydrogens (primary N) is 1. The molecular weight excluding hydrogens is 306 g/mol. The number of pyridine rings is 1.